The van der Waals surface area contributed by atoms with Crippen molar-refractivity contribution in [1.82, 2.24) is 25.5 Å². The maximum atomic E-state index is 12.0. The van der Waals surface area contributed by atoms with E-state index in [9.17, 15) is 4.79 Å². The van der Waals surface area contributed by atoms with Gasteiger partial charge in [-0.3, -0.25) is 0 Å². The maximum absolute atomic E-state index is 12.0. The highest BCUT2D eigenvalue weighted by molar-refractivity contribution is 5.77. The number of aromatic amines is 1. The highest BCUT2D eigenvalue weighted by Crippen LogP contribution is 2.13. The van der Waals surface area contributed by atoms with Crippen LogP contribution in [0.25, 0.3) is 11.0 Å². The van der Waals surface area contributed by atoms with Crippen LogP contribution >= 0.6 is 0 Å². The third-order valence-corrected chi connectivity index (χ3v) is 3.51. The molecule has 0 radical (unpaired) electrons. The van der Waals surface area contributed by atoms with Crippen molar-refractivity contribution in [3.63, 3.8) is 0 Å². The molecular weight excluding hydrogens is 254 g/mol. The first-order chi connectivity index (χ1) is 9.72. The van der Waals surface area contributed by atoms with Gasteiger partial charge in [0, 0.05) is 32.7 Å². The molecule has 6 heteroatoms. The van der Waals surface area contributed by atoms with Crippen molar-refractivity contribution in [2.24, 2.45) is 0 Å². The molecule has 1 aliphatic heterocycles. The number of nitrogens with zero attached hydrogens (tertiary/aromatic N) is 2. The SMILES string of the molecule is Cc1nc2ccc(CNC(=O)N3CCNCC3)cc2[nH]1. The van der Waals surface area contributed by atoms with E-state index in [-0.39, 0.29) is 6.03 Å². The van der Waals surface area contributed by atoms with Crippen LogP contribution in [-0.2, 0) is 6.54 Å². The van der Waals surface area contributed by atoms with Gasteiger partial charge in [-0.1, -0.05) is 6.07 Å². The van der Waals surface area contributed by atoms with Crippen LogP contribution in [0.3, 0.4) is 0 Å². The summed E-state index contributed by atoms with van der Waals surface area (Å²) >= 11 is 0. The van der Waals surface area contributed by atoms with Gasteiger partial charge in [0.1, 0.15) is 5.82 Å². The number of rotatable bonds is 2. The second-order valence-electron chi connectivity index (χ2n) is 5.07. The van der Waals surface area contributed by atoms with Crippen molar-refractivity contribution in [3.05, 3.63) is 29.6 Å². The lowest BCUT2D eigenvalue weighted by Crippen LogP contribution is -2.50. The van der Waals surface area contributed by atoms with Gasteiger partial charge in [-0.2, -0.15) is 0 Å². The van der Waals surface area contributed by atoms with Crippen LogP contribution in [0, 0.1) is 6.92 Å². The topological polar surface area (TPSA) is 73.1 Å². The normalized spacial score (nSPS) is 15.6. The van der Waals surface area contributed by atoms with Gasteiger partial charge in [0.15, 0.2) is 0 Å². The Morgan fingerprint density at radius 1 is 1.40 bits per heavy atom. The van der Waals surface area contributed by atoms with Gasteiger partial charge in [-0.15, -0.1) is 0 Å². The first-order valence-corrected chi connectivity index (χ1v) is 6.91. The van der Waals surface area contributed by atoms with E-state index in [1.165, 1.54) is 0 Å². The Morgan fingerprint density at radius 3 is 3.00 bits per heavy atom. The number of carbonyl (C=O) groups is 1. The predicted octanol–water partition coefficient (Wildman–Crippen LogP) is 0.986. The number of piperazine rings is 1. The van der Waals surface area contributed by atoms with Crippen molar-refractivity contribution in [1.29, 1.82) is 0 Å². The molecule has 3 rings (SSSR count). The van der Waals surface area contributed by atoms with Crippen LogP contribution in [0.15, 0.2) is 18.2 Å². The minimum atomic E-state index is 0.00684. The molecule has 0 saturated carbocycles. The number of fused-ring (bicyclic) bond motifs is 1. The Kier molecular flexibility index (Phi) is 3.56. The van der Waals surface area contributed by atoms with E-state index in [1.54, 1.807) is 0 Å². The first kappa shape index (κ1) is 12.9. The number of H-pyrrole nitrogens is 1. The summed E-state index contributed by atoms with van der Waals surface area (Å²) in [5.41, 5.74) is 3.04. The highest BCUT2D eigenvalue weighted by atomic mass is 16.2. The quantitative estimate of drug-likeness (QED) is 0.764. The van der Waals surface area contributed by atoms with Crippen molar-refractivity contribution in [3.8, 4) is 0 Å². The van der Waals surface area contributed by atoms with E-state index in [0.29, 0.717) is 6.54 Å². The molecule has 2 heterocycles. The van der Waals surface area contributed by atoms with Crippen LogP contribution in [-0.4, -0.2) is 47.1 Å². The third kappa shape index (κ3) is 2.75. The number of aryl methyl sites for hydroxylation is 1. The second kappa shape index (κ2) is 5.50. The van der Waals surface area contributed by atoms with Gasteiger partial charge in [-0.25, -0.2) is 9.78 Å². The van der Waals surface area contributed by atoms with Gasteiger partial charge in [-0.05, 0) is 24.6 Å². The second-order valence-corrected chi connectivity index (χ2v) is 5.07. The molecule has 0 spiro atoms. The molecule has 0 atom stereocenters. The summed E-state index contributed by atoms with van der Waals surface area (Å²) in [4.78, 5) is 21.4. The number of imidazole rings is 1. The molecule has 6 nitrogen and oxygen atoms in total. The average molecular weight is 273 g/mol. The van der Waals surface area contributed by atoms with Crippen LogP contribution in [0.2, 0.25) is 0 Å². The summed E-state index contributed by atoms with van der Waals surface area (Å²) in [6, 6.07) is 6.02. The molecule has 1 saturated heterocycles. The first-order valence-electron chi connectivity index (χ1n) is 6.91. The summed E-state index contributed by atoms with van der Waals surface area (Å²) in [7, 11) is 0. The number of amides is 2. The molecule has 1 aromatic carbocycles. The number of hydrogen-bond donors (Lipinski definition) is 3. The summed E-state index contributed by atoms with van der Waals surface area (Å²) in [6.07, 6.45) is 0. The predicted molar refractivity (Wildman–Crippen MR) is 77.5 cm³/mol. The molecule has 1 aliphatic rings. The zero-order chi connectivity index (χ0) is 13.9. The maximum Gasteiger partial charge on any atom is 0.317 e. The lowest BCUT2D eigenvalue weighted by Gasteiger charge is -2.27. The summed E-state index contributed by atoms with van der Waals surface area (Å²) in [6.45, 7) is 5.75. The van der Waals surface area contributed by atoms with Gasteiger partial charge in [0.25, 0.3) is 0 Å². The Hall–Kier alpha value is -2.08. The number of benzene rings is 1. The smallest absolute Gasteiger partial charge is 0.317 e. The Bertz CT molecular complexity index is 615. The molecule has 2 aromatic rings. The lowest BCUT2D eigenvalue weighted by molar-refractivity contribution is 0.190. The van der Waals surface area contributed by atoms with Crippen molar-refractivity contribution >= 4 is 17.1 Å². The zero-order valence-corrected chi connectivity index (χ0v) is 11.6. The van der Waals surface area contributed by atoms with E-state index in [0.717, 1.165) is 48.6 Å². The van der Waals surface area contributed by atoms with E-state index < -0.39 is 0 Å². The Labute approximate surface area is 117 Å². The minimum absolute atomic E-state index is 0.00684. The Morgan fingerprint density at radius 2 is 2.20 bits per heavy atom. The summed E-state index contributed by atoms with van der Waals surface area (Å²) < 4.78 is 0. The van der Waals surface area contributed by atoms with Gasteiger partial charge in [0.05, 0.1) is 11.0 Å². The van der Waals surface area contributed by atoms with Crippen molar-refractivity contribution < 1.29 is 4.79 Å². The molecule has 20 heavy (non-hydrogen) atoms. The fourth-order valence-electron chi connectivity index (χ4n) is 2.45. The minimum Gasteiger partial charge on any atom is -0.342 e. The molecule has 0 aliphatic carbocycles. The molecule has 1 aromatic heterocycles. The molecule has 1 fully saturated rings. The third-order valence-electron chi connectivity index (χ3n) is 3.51. The number of nitrogens with one attached hydrogen (secondary N) is 3. The lowest BCUT2D eigenvalue weighted by atomic mass is 10.2. The van der Waals surface area contributed by atoms with Crippen LogP contribution in [0.1, 0.15) is 11.4 Å². The van der Waals surface area contributed by atoms with Crippen LogP contribution < -0.4 is 10.6 Å². The molecule has 0 bridgehead atoms. The van der Waals surface area contributed by atoms with Crippen molar-refractivity contribution in [2.75, 3.05) is 26.2 Å². The zero-order valence-electron chi connectivity index (χ0n) is 11.6. The molecular formula is C14H19N5O. The van der Waals surface area contributed by atoms with Gasteiger partial charge >= 0.3 is 6.03 Å². The fraction of sp³-hybridized carbons (Fsp3) is 0.429. The number of aromatic nitrogens is 2. The van der Waals surface area contributed by atoms with Crippen molar-refractivity contribution in [2.45, 2.75) is 13.5 Å². The average Bonchev–Trinajstić information content (AvgIpc) is 2.85. The molecule has 106 valence electrons. The van der Waals surface area contributed by atoms with E-state index >= 15 is 0 Å². The van der Waals surface area contributed by atoms with Crippen LogP contribution in [0.4, 0.5) is 4.79 Å². The fourth-order valence-corrected chi connectivity index (χ4v) is 2.45. The number of urea groups is 1. The van der Waals surface area contributed by atoms with Gasteiger partial charge < -0.3 is 20.5 Å². The molecule has 0 unspecified atom stereocenters. The molecule has 3 N–H and O–H groups in total. The molecule has 2 amide bonds. The van der Waals surface area contributed by atoms with Crippen LogP contribution in [0.5, 0.6) is 0 Å². The van der Waals surface area contributed by atoms with E-state index in [4.69, 9.17) is 0 Å². The summed E-state index contributed by atoms with van der Waals surface area (Å²) in [5.74, 6) is 0.905. The summed E-state index contributed by atoms with van der Waals surface area (Å²) in [5, 5.41) is 6.20. The largest absolute Gasteiger partial charge is 0.342 e. The monoisotopic (exact) mass is 273 g/mol. The number of carbonyl (C=O) groups excluding carboxylic acids is 1. The highest BCUT2D eigenvalue weighted by Gasteiger charge is 2.15. The van der Waals surface area contributed by atoms with E-state index in [2.05, 4.69) is 20.6 Å². The standard InChI is InChI=1S/C14H19N5O/c1-10-17-12-3-2-11(8-13(12)18-10)9-16-14(20)19-6-4-15-5-7-19/h2-3,8,15H,4-7,9H2,1H3,(H,16,20)(H,17,18). The van der Waals surface area contributed by atoms with Gasteiger partial charge in [0.2, 0.25) is 0 Å². The number of hydrogen-bond acceptors (Lipinski definition) is 3. The Balaban J connectivity index is 1.62. The van der Waals surface area contributed by atoms with E-state index in [1.807, 2.05) is 30.0 Å².